The van der Waals surface area contributed by atoms with Crippen molar-refractivity contribution in [1.82, 2.24) is 10.6 Å². The number of aromatic hydroxyl groups is 1. The molecule has 1 aromatic rings. The summed E-state index contributed by atoms with van der Waals surface area (Å²) in [4.78, 5) is 24.6. The van der Waals surface area contributed by atoms with Crippen molar-refractivity contribution < 1.29 is 28.2 Å². The lowest BCUT2D eigenvalue weighted by Crippen LogP contribution is -2.48. The van der Waals surface area contributed by atoms with Crippen LogP contribution in [0, 0.1) is 17.2 Å². The Morgan fingerprint density at radius 1 is 1.26 bits per heavy atom. The standard InChI is InChI=1S/C24H30Cl2F2N2O4/c1-22(2,3)30-21(33)34-13-6-12(7-13)20(32)29-11-23-4-5-24(28,10-23)9-14(23)17-18(26)15(25)8-16(31)19(17)27/h8,12-14,31H,4-7,9-11H2,1-3H3,(H,29,32)(H,30,33)/t12?,13?,14-,23-,24+/m1/s1. The highest BCUT2D eigenvalue weighted by molar-refractivity contribution is 6.42. The lowest BCUT2D eigenvalue weighted by atomic mass is 9.71. The second-order valence-electron chi connectivity index (χ2n) is 11.2. The molecule has 188 valence electrons. The van der Waals surface area contributed by atoms with Gasteiger partial charge in [-0.05, 0) is 70.6 Å². The average Bonchev–Trinajstić information content (AvgIpc) is 3.17. The number of hydrogen-bond donors (Lipinski definition) is 3. The van der Waals surface area contributed by atoms with Gasteiger partial charge in [-0.2, -0.15) is 0 Å². The van der Waals surface area contributed by atoms with Crippen molar-refractivity contribution in [2.24, 2.45) is 11.3 Å². The highest BCUT2D eigenvalue weighted by Crippen LogP contribution is 2.66. The van der Waals surface area contributed by atoms with Crippen LogP contribution in [0.3, 0.4) is 0 Å². The maximum absolute atomic E-state index is 15.4. The molecule has 10 heteroatoms. The number of benzene rings is 1. The van der Waals surface area contributed by atoms with Crippen LogP contribution in [0.15, 0.2) is 6.07 Å². The number of phenols is 1. The third-order valence-electron chi connectivity index (χ3n) is 7.40. The molecule has 34 heavy (non-hydrogen) atoms. The molecular weight excluding hydrogens is 489 g/mol. The fourth-order valence-corrected chi connectivity index (χ4v) is 6.18. The van der Waals surface area contributed by atoms with E-state index in [-0.39, 0.29) is 52.9 Å². The van der Waals surface area contributed by atoms with E-state index in [0.29, 0.717) is 25.7 Å². The number of nitrogens with one attached hydrogen (secondary N) is 2. The van der Waals surface area contributed by atoms with Crippen LogP contribution in [-0.4, -0.2) is 41.0 Å². The fourth-order valence-electron chi connectivity index (χ4n) is 5.70. The van der Waals surface area contributed by atoms with Gasteiger partial charge in [-0.25, -0.2) is 13.6 Å². The molecule has 3 N–H and O–H groups in total. The van der Waals surface area contributed by atoms with E-state index >= 15 is 4.39 Å². The number of amides is 2. The summed E-state index contributed by atoms with van der Waals surface area (Å²) >= 11 is 12.4. The maximum Gasteiger partial charge on any atom is 0.407 e. The zero-order valence-electron chi connectivity index (χ0n) is 19.4. The van der Waals surface area contributed by atoms with Gasteiger partial charge in [0.1, 0.15) is 11.8 Å². The Morgan fingerprint density at radius 3 is 2.56 bits per heavy atom. The number of hydrogen-bond acceptors (Lipinski definition) is 4. The molecule has 0 spiro atoms. The summed E-state index contributed by atoms with van der Waals surface area (Å²) in [5, 5.41) is 15.5. The number of alkyl halides is 1. The minimum Gasteiger partial charge on any atom is -0.505 e. The quantitative estimate of drug-likeness (QED) is 0.441. The molecule has 2 bridgehead atoms. The second kappa shape index (κ2) is 8.70. The Balaban J connectivity index is 1.40. The molecule has 0 heterocycles. The monoisotopic (exact) mass is 518 g/mol. The first-order valence-corrected chi connectivity index (χ1v) is 12.3. The average molecular weight is 519 g/mol. The van der Waals surface area contributed by atoms with Crippen molar-refractivity contribution in [2.45, 2.75) is 82.5 Å². The van der Waals surface area contributed by atoms with Crippen molar-refractivity contribution in [3.63, 3.8) is 0 Å². The molecule has 1 aromatic carbocycles. The van der Waals surface area contributed by atoms with E-state index in [1.807, 2.05) is 20.8 Å². The van der Waals surface area contributed by atoms with Gasteiger partial charge < -0.3 is 20.5 Å². The van der Waals surface area contributed by atoms with Crippen LogP contribution < -0.4 is 10.6 Å². The van der Waals surface area contributed by atoms with Crippen molar-refractivity contribution in [3.05, 3.63) is 27.5 Å². The van der Waals surface area contributed by atoms with Crippen LogP contribution in [-0.2, 0) is 9.53 Å². The molecular formula is C24H30Cl2F2N2O4. The Bertz CT molecular complexity index is 985. The summed E-state index contributed by atoms with van der Waals surface area (Å²) in [6, 6.07) is 1.03. The number of fused-ring (bicyclic) bond motifs is 2. The van der Waals surface area contributed by atoms with Crippen LogP contribution in [0.1, 0.15) is 70.8 Å². The minimum absolute atomic E-state index is 0.00133. The molecule has 3 aliphatic carbocycles. The normalized spacial score (nSPS) is 32.3. The van der Waals surface area contributed by atoms with Gasteiger partial charge in [0.15, 0.2) is 11.6 Å². The van der Waals surface area contributed by atoms with Gasteiger partial charge in [-0.3, -0.25) is 4.79 Å². The third-order valence-corrected chi connectivity index (χ3v) is 8.20. The molecule has 4 rings (SSSR count). The van der Waals surface area contributed by atoms with E-state index < -0.39 is 40.2 Å². The first-order chi connectivity index (χ1) is 15.7. The predicted octanol–water partition coefficient (Wildman–Crippen LogP) is 5.62. The Kier molecular flexibility index (Phi) is 6.47. The summed E-state index contributed by atoms with van der Waals surface area (Å²) in [5.41, 5.74) is -2.59. The van der Waals surface area contributed by atoms with Gasteiger partial charge in [-0.15, -0.1) is 0 Å². The van der Waals surface area contributed by atoms with E-state index in [9.17, 15) is 19.1 Å². The molecule has 0 saturated heterocycles. The van der Waals surface area contributed by atoms with Gasteiger partial charge in [0.2, 0.25) is 5.91 Å². The van der Waals surface area contributed by atoms with E-state index in [0.717, 1.165) is 6.07 Å². The first-order valence-electron chi connectivity index (χ1n) is 11.5. The number of carbonyl (C=O) groups is 2. The highest BCUT2D eigenvalue weighted by atomic mass is 35.5. The zero-order chi connectivity index (χ0) is 25.1. The van der Waals surface area contributed by atoms with Crippen molar-refractivity contribution in [2.75, 3.05) is 6.54 Å². The number of rotatable bonds is 5. The van der Waals surface area contributed by atoms with Gasteiger partial charge in [-0.1, -0.05) is 23.2 Å². The zero-order valence-corrected chi connectivity index (χ0v) is 21.0. The maximum atomic E-state index is 15.4. The molecule has 0 aromatic heterocycles. The first kappa shape index (κ1) is 25.3. The highest BCUT2D eigenvalue weighted by Gasteiger charge is 2.62. The molecule has 3 atom stereocenters. The summed E-state index contributed by atoms with van der Waals surface area (Å²) in [5.74, 6) is -2.66. The number of carbonyl (C=O) groups excluding carboxylic acids is 2. The van der Waals surface area contributed by atoms with Gasteiger partial charge in [0.25, 0.3) is 0 Å². The van der Waals surface area contributed by atoms with E-state index in [2.05, 4.69) is 10.6 Å². The summed E-state index contributed by atoms with van der Waals surface area (Å²) in [7, 11) is 0. The van der Waals surface area contributed by atoms with Gasteiger partial charge >= 0.3 is 6.09 Å². The van der Waals surface area contributed by atoms with Crippen molar-refractivity contribution in [3.8, 4) is 5.75 Å². The second-order valence-corrected chi connectivity index (χ2v) is 11.9. The molecule has 3 aliphatic rings. The molecule has 3 fully saturated rings. The van der Waals surface area contributed by atoms with Crippen LogP contribution in [0.2, 0.25) is 10.0 Å². The number of alkyl carbamates (subject to hydrolysis) is 1. The lowest BCUT2D eigenvalue weighted by Gasteiger charge is -2.38. The van der Waals surface area contributed by atoms with Crippen LogP contribution in [0.25, 0.3) is 0 Å². The van der Waals surface area contributed by atoms with Gasteiger partial charge in [0.05, 0.1) is 10.0 Å². The molecule has 2 amide bonds. The van der Waals surface area contributed by atoms with E-state index in [4.69, 9.17) is 27.9 Å². The van der Waals surface area contributed by atoms with E-state index in [1.54, 1.807) is 0 Å². The van der Waals surface area contributed by atoms with Crippen LogP contribution in [0.4, 0.5) is 13.6 Å². The fraction of sp³-hybridized carbons (Fsp3) is 0.667. The minimum atomic E-state index is -1.47. The molecule has 3 saturated carbocycles. The Morgan fingerprint density at radius 2 is 1.94 bits per heavy atom. The Labute approximate surface area is 207 Å². The summed E-state index contributed by atoms with van der Waals surface area (Å²) < 4.78 is 35.6. The molecule has 0 unspecified atom stereocenters. The summed E-state index contributed by atoms with van der Waals surface area (Å²) in [6.07, 6.45) is 0.999. The molecule has 0 radical (unpaired) electrons. The van der Waals surface area contributed by atoms with Crippen molar-refractivity contribution in [1.29, 1.82) is 0 Å². The lowest BCUT2D eigenvalue weighted by molar-refractivity contribution is -0.132. The third kappa shape index (κ3) is 4.81. The number of ether oxygens (including phenoxy) is 1. The number of phenolic OH excluding ortho intramolecular Hbond substituents is 1. The van der Waals surface area contributed by atoms with Crippen LogP contribution in [0.5, 0.6) is 5.75 Å². The Hall–Kier alpha value is -1.80. The predicted molar refractivity (Wildman–Crippen MR) is 124 cm³/mol. The topological polar surface area (TPSA) is 87.7 Å². The molecule has 6 nitrogen and oxygen atoms in total. The number of halogens is 4. The molecule has 0 aliphatic heterocycles. The van der Waals surface area contributed by atoms with Gasteiger partial charge in [0, 0.05) is 29.6 Å². The summed E-state index contributed by atoms with van der Waals surface area (Å²) in [6.45, 7) is 5.71. The van der Waals surface area contributed by atoms with Crippen molar-refractivity contribution >= 4 is 35.2 Å². The van der Waals surface area contributed by atoms with Crippen LogP contribution >= 0.6 is 23.2 Å². The smallest absolute Gasteiger partial charge is 0.407 e. The largest absolute Gasteiger partial charge is 0.505 e. The van der Waals surface area contributed by atoms with E-state index in [1.165, 1.54) is 0 Å². The SMILES string of the molecule is CC(C)(C)NC(=O)OC1CC(C(=O)NC[C@]23CC[C@](F)(C[C@@H]2c2c(F)c(O)cc(Cl)c2Cl)C3)C1.